The van der Waals surface area contributed by atoms with Gasteiger partial charge in [0.25, 0.3) is 12.3 Å². The summed E-state index contributed by atoms with van der Waals surface area (Å²) in [4.78, 5) is 59.0. The summed E-state index contributed by atoms with van der Waals surface area (Å²) in [5.74, 6) is -2.44. The van der Waals surface area contributed by atoms with Crippen LogP contribution in [0.2, 0.25) is 0 Å². The molecule has 0 aromatic heterocycles. The normalized spacial score (nSPS) is 23.4. The Morgan fingerprint density at radius 1 is 0.983 bits per heavy atom. The number of hydrogen-bond donors (Lipinski definition) is 2. The Labute approximate surface area is 334 Å². The summed E-state index contributed by atoms with van der Waals surface area (Å²) in [6.07, 6.45) is 0.366. The average Bonchev–Trinajstić information content (AvgIpc) is 3.57. The number of amides is 3. The van der Waals surface area contributed by atoms with E-state index in [1.54, 1.807) is 31.2 Å². The Morgan fingerprint density at radius 3 is 2.33 bits per heavy atom. The minimum atomic E-state index is -2.69. The summed E-state index contributed by atoms with van der Waals surface area (Å²) in [6.45, 7) is 6.34. The molecular formula is C43H48F4N6O5. The largest absolute Gasteiger partial charge is 0.508 e. The molecule has 3 saturated heterocycles. The number of carbonyl (C=O) groups is 4. The number of aromatic hydroxyl groups is 1. The van der Waals surface area contributed by atoms with E-state index >= 15 is 8.78 Å². The number of hydrogen-bond acceptors (Lipinski definition) is 9. The molecule has 0 bridgehead atoms. The number of likely N-dealkylation sites (N-methyl/N-ethyl adjacent to an activating group) is 1. The number of likely N-dealkylation sites (tertiary alicyclic amines) is 1. The van der Waals surface area contributed by atoms with Gasteiger partial charge in [0, 0.05) is 88.2 Å². The molecule has 11 nitrogen and oxygen atoms in total. The van der Waals surface area contributed by atoms with Crippen LogP contribution in [0.1, 0.15) is 87.2 Å². The fourth-order valence-electron chi connectivity index (χ4n) is 9.90. The number of fused-ring (bicyclic) bond motifs is 2. The van der Waals surface area contributed by atoms with E-state index in [1.807, 2.05) is 4.90 Å². The number of nitrogens with one attached hydrogen (secondary N) is 1. The van der Waals surface area contributed by atoms with Gasteiger partial charge in [-0.3, -0.25) is 39.2 Å². The highest BCUT2D eigenvalue weighted by Crippen LogP contribution is 2.42. The number of aldehydes is 1. The molecule has 308 valence electrons. The number of benzene rings is 3. The second kappa shape index (κ2) is 16.1. The van der Waals surface area contributed by atoms with Crippen molar-refractivity contribution in [1.82, 2.24) is 24.9 Å². The summed E-state index contributed by atoms with van der Waals surface area (Å²) >= 11 is 0. The molecule has 5 aliphatic rings. The van der Waals surface area contributed by atoms with Crippen LogP contribution in [-0.2, 0) is 29.1 Å². The third kappa shape index (κ3) is 7.71. The van der Waals surface area contributed by atoms with Gasteiger partial charge < -0.3 is 14.9 Å². The van der Waals surface area contributed by atoms with Crippen LogP contribution in [0.3, 0.4) is 0 Å². The first kappa shape index (κ1) is 39.9. The van der Waals surface area contributed by atoms with Crippen molar-refractivity contribution in [2.24, 2.45) is 5.92 Å². The average molecular weight is 805 g/mol. The molecule has 0 radical (unpaired) electrons. The maximum atomic E-state index is 16.0. The lowest BCUT2D eigenvalue weighted by molar-refractivity contribution is -0.136. The lowest BCUT2D eigenvalue weighted by atomic mass is 9.84. The van der Waals surface area contributed by atoms with Gasteiger partial charge in [-0.05, 0) is 97.2 Å². The van der Waals surface area contributed by atoms with Crippen molar-refractivity contribution >= 4 is 29.7 Å². The van der Waals surface area contributed by atoms with Gasteiger partial charge in [-0.1, -0.05) is 6.07 Å². The zero-order valence-electron chi connectivity index (χ0n) is 32.6. The minimum Gasteiger partial charge on any atom is -0.508 e. The fraction of sp³-hybridized carbons (Fsp3) is 0.488. The summed E-state index contributed by atoms with van der Waals surface area (Å²) in [5, 5.41) is 12.3. The van der Waals surface area contributed by atoms with Gasteiger partial charge in [0.2, 0.25) is 11.8 Å². The lowest BCUT2D eigenvalue weighted by Crippen LogP contribution is -2.57. The van der Waals surface area contributed by atoms with E-state index in [2.05, 4.69) is 15.1 Å². The molecule has 3 amide bonds. The summed E-state index contributed by atoms with van der Waals surface area (Å²) in [6, 6.07) is 8.76. The minimum absolute atomic E-state index is 0.0118. The van der Waals surface area contributed by atoms with E-state index in [4.69, 9.17) is 0 Å². The zero-order chi connectivity index (χ0) is 41.0. The molecule has 3 fully saturated rings. The van der Waals surface area contributed by atoms with Gasteiger partial charge in [-0.15, -0.1) is 0 Å². The number of carbonyl (C=O) groups excluding carboxylic acids is 4. The summed E-state index contributed by atoms with van der Waals surface area (Å²) in [5.41, 5.74) is 3.84. The Balaban J connectivity index is 0.857. The molecule has 3 aromatic carbocycles. The van der Waals surface area contributed by atoms with Crippen molar-refractivity contribution in [3.05, 3.63) is 93.0 Å². The Morgan fingerprint density at radius 2 is 1.67 bits per heavy atom. The second-order valence-electron chi connectivity index (χ2n) is 16.7. The van der Waals surface area contributed by atoms with Gasteiger partial charge >= 0.3 is 0 Å². The topological polar surface area (TPSA) is 117 Å². The molecule has 0 spiro atoms. The third-order valence-electron chi connectivity index (χ3n) is 12.9. The summed E-state index contributed by atoms with van der Waals surface area (Å²) in [7, 11) is 1.52. The maximum absolute atomic E-state index is 16.0. The molecule has 5 heterocycles. The molecule has 0 aliphatic carbocycles. The number of imide groups is 1. The monoisotopic (exact) mass is 804 g/mol. The quantitative estimate of drug-likeness (QED) is 0.168. The number of phenols is 1. The van der Waals surface area contributed by atoms with Gasteiger partial charge in [0.15, 0.2) is 6.29 Å². The fourth-order valence-corrected chi connectivity index (χ4v) is 9.90. The SMILES string of the molecule is C[C@@H]1Cc2cc(O)ccc2[C@@H](c2c(F)cc(N3CCC(N4CC(CN5Cc6cc(C=O)c(C(=O)N(C)C7CCC(=O)NC7=O)cc6C5)C4)CC3)cc2F)N1CC(F)F. The highest BCUT2D eigenvalue weighted by atomic mass is 19.3. The molecule has 58 heavy (non-hydrogen) atoms. The van der Waals surface area contributed by atoms with Crippen LogP contribution in [0.15, 0.2) is 42.5 Å². The van der Waals surface area contributed by atoms with Crippen LogP contribution >= 0.6 is 0 Å². The first-order chi connectivity index (χ1) is 27.8. The van der Waals surface area contributed by atoms with E-state index < -0.39 is 54.5 Å². The van der Waals surface area contributed by atoms with Crippen LogP contribution in [0.25, 0.3) is 0 Å². The van der Waals surface area contributed by atoms with Gasteiger partial charge in [0.1, 0.15) is 23.4 Å². The van der Waals surface area contributed by atoms with E-state index in [0.717, 1.165) is 43.6 Å². The summed E-state index contributed by atoms with van der Waals surface area (Å²) < 4.78 is 59.6. The lowest BCUT2D eigenvalue weighted by Gasteiger charge is -2.48. The molecule has 3 atom stereocenters. The van der Waals surface area contributed by atoms with Crippen molar-refractivity contribution in [2.45, 2.75) is 82.7 Å². The van der Waals surface area contributed by atoms with E-state index in [0.29, 0.717) is 67.7 Å². The van der Waals surface area contributed by atoms with Gasteiger partial charge in [0.05, 0.1) is 18.2 Å². The maximum Gasteiger partial charge on any atom is 0.255 e. The highest BCUT2D eigenvalue weighted by molar-refractivity contribution is 6.06. The van der Waals surface area contributed by atoms with Crippen LogP contribution < -0.4 is 10.2 Å². The molecule has 8 rings (SSSR count). The third-order valence-corrected chi connectivity index (χ3v) is 12.9. The Hall–Kier alpha value is -4.86. The first-order valence-electron chi connectivity index (χ1n) is 20.1. The van der Waals surface area contributed by atoms with Crippen molar-refractivity contribution in [3.63, 3.8) is 0 Å². The number of piperidine rings is 2. The molecule has 5 aliphatic heterocycles. The standard InChI is InChI=1S/C43H48F4N6O5/c1-24-11-26-13-32(55)3-4-33(26)41(53(24)22-38(46)47)40-35(44)15-31(16-36(40)45)51-9-7-30(8-10-51)52-18-25(19-52)17-50-20-27-12-29(23-54)34(14-28(27)21-50)43(58)49(2)37-5-6-39(56)48-42(37)57/h3-4,12-16,23-25,30,37-38,41,55H,5-11,17-22H2,1-2H3,(H,48,56,57)/t24-,37?,41+/m1/s1. The smallest absolute Gasteiger partial charge is 0.255 e. The number of nitrogens with zero attached hydrogens (tertiary/aromatic N) is 5. The predicted molar refractivity (Wildman–Crippen MR) is 207 cm³/mol. The Bertz CT molecular complexity index is 2100. The van der Waals surface area contributed by atoms with Crippen LogP contribution in [-0.4, -0.2) is 120 Å². The van der Waals surface area contributed by atoms with E-state index in [-0.39, 0.29) is 41.2 Å². The number of halogens is 4. The predicted octanol–water partition coefficient (Wildman–Crippen LogP) is 4.88. The molecule has 1 unspecified atom stereocenters. The molecule has 2 N–H and O–H groups in total. The zero-order valence-corrected chi connectivity index (χ0v) is 32.6. The van der Waals surface area contributed by atoms with Gasteiger partial charge in [-0.2, -0.15) is 0 Å². The molecule has 15 heteroatoms. The molecule has 0 saturated carbocycles. The number of phenolic OH excluding ortho intramolecular Hbond substituents is 1. The molecular weight excluding hydrogens is 757 g/mol. The van der Waals surface area contributed by atoms with Crippen LogP contribution in [0, 0.1) is 17.6 Å². The number of rotatable bonds is 10. The van der Waals surface area contributed by atoms with Crippen molar-refractivity contribution in [1.29, 1.82) is 0 Å². The first-order valence-corrected chi connectivity index (χ1v) is 20.1. The van der Waals surface area contributed by atoms with E-state index in [1.165, 1.54) is 35.0 Å². The van der Waals surface area contributed by atoms with Crippen molar-refractivity contribution < 1.29 is 41.8 Å². The van der Waals surface area contributed by atoms with Crippen LogP contribution in [0.5, 0.6) is 5.75 Å². The number of anilines is 1. The Kier molecular flexibility index (Phi) is 11.1. The van der Waals surface area contributed by atoms with Crippen LogP contribution in [0.4, 0.5) is 23.2 Å². The number of alkyl halides is 2. The second-order valence-corrected chi connectivity index (χ2v) is 16.7. The van der Waals surface area contributed by atoms with Crippen molar-refractivity contribution in [3.8, 4) is 5.75 Å². The van der Waals surface area contributed by atoms with E-state index in [9.17, 15) is 33.1 Å². The highest BCUT2D eigenvalue weighted by Gasteiger charge is 2.40. The van der Waals surface area contributed by atoms with Gasteiger partial charge in [-0.25, -0.2) is 17.6 Å². The van der Waals surface area contributed by atoms with Crippen molar-refractivity contribution in [2.75, 3.05) is 51.2 Å². The molecule has 3 aromatic rings.